The van der Waals surface area contributed by atoms with E-state index in [1.165, 1.54) is 18.2 Å². The van der Waals surface area contributed by atoms with Crippen molar-refractivity contribution in [2.24, 2.45) is 11.7 Å². The Kier molecular flexibility index (Phi) is 8.70. The molecular weight excluding hydrogens is 383 g/mol. The first-order valence-corrected chi connectivity index (χ1v) is 9.28. The minimum Gasteiger partial charge on any atom is -0.457 e. The molecule has 0 saturated carbocycles. The van der Waals surface area contributed by atoms with Gasteiger partial charge in [-0.25, -0.2) is 4.39 Å². The molecule has 0 bridgehead atoms. The summed E-state index contributed by atoms with van der Waals surface area (Å²) in [6.07, 6.45) is 2.79. The number of halogens is 2. The van der Waals surface area contributed by atoms with Gasteiger partial charge in [0.25, 0.3) is 5.91 Å². The number of hydrogen-bond acceptors (Lipinski definition) is 4. The monoisotopic (exact) mass is 408 g/mol. The normalized spacial score (nSPS) is 16.1. The number of carbonyl (C=O) groups is 1. The van der Waals surface area contributed by atoms with E-state index in [1.54, 1.807) is 0 Å². The van der Waals surface area contributed by atoms with Gasteiger partial charge in [0.1, 0.15) is 17.3 Å². The first-order chi connectivity index (χ1) is 13.2. The van der Waals surface area contributed by atoms with Crippen molar-refractivity contribution in [2.75, 3.05) is 26.3 Å². The minimum absolute atomic E-state index is 0. The zero-order chi connectivity index (χ0) is 19.1. The van der Waals surface area contributed by atoms with E-state index in [9.17, 15) is 9.18 Å². The first kappa shape index (κ1) is 22.1. The van der Waals surface area contributed by atoms with Gasteiger partial charge in [0.15, 0.2) is 0 Å². The minimum atomic E-state index is -0.571. The van der Waals surface area contributed by atoms with E-state index in [1.807, 2.05) is 24.3 Å². The molecule has 0 aliphatic carbocycles. The van der Waals surface area contributed by atoms with Crippen LogP contribution in [-0.2, 0) is 11.2 Å². The van der Waals surface area contributed by atoms with Crippen molar-refractivity contribution in [1.29, 1.82) is 0 Å². The highest BCUT2D eigenvalue weighted by atomic mass is 35.5. The van der Waals surface area contributed by atoms with Crippen LogP contribution in [0.4, 0.5) is 4.39 Å². The SMILES string of the molecule is Cl.NCCc1ccc(Oc2ccc(F)c(C(=O)NCC3CCCOC3)c2)cc1. The van der Waals surface area contributed by atoms with Gasteiger partial charge in [-0.3, -0.25) is 4.79 Å². The highest BCUT2D eigenvalue weighted by Gasteiger charge is 2.18. The molecule has 1 fully saturated rings. The third-order valence-corrected chi connectivity index (χ3v) is 4.58. The van der Waals surface area contributed by atoms with E-state index in [0.717, 1.165) is 31.4 Å². The largest absolute Gasteiger partial charge is 0.457 e. The number of carbonyl (C=O) groups excluding carboxylic acids is 1. The van der Waals surface area contributed by atoms with Gasteiger partial charge >= 0.3 is 0 Å². The van der Waals surface area contributed by atoms with Gasteiger partial charge in [-0.15, -0.1) is 12.4 Å². The van der Waals surface area contributed by atoms with Gasteiger partial charge in [-0.05, 0) is 67.6 Å². The summed E-state index contributed by atoms with van der Waals surface area (Å²) in [7, 11) is 0. The molecule has 7 heteroatoms. The molecule has 1 heterocycles. The molecule has 3 N–H and O–H groups in total. The molecule has 5 nitrogen and oxygen atoms in total. The van der Waals surface area contributed by atoms with Crippen LogP contribution in [0, 0.1) is 11.7 Å². The van der Waals surface area contributed by atoms with Crippen molar-refractivity contribution in [3.63, 3.8) is 0 Å². The smallest absolute Gasteiger partial charge is 0.254 e. The van der Waals surface area contributed by atoms with E-state index in [-0.39, 0.29) is 23.9 Å². The van der Waals surface area contributed by atoms with Crippen LogP contribution < -0.4 is 15.8 Å². The number of rotatable bonds is 7. The van der Waals surface area contributed by atoms with Gasteiger partial charge in [0.05, 0.1) is 12.2 Å². The second kappa shape index (κ2) is 11.0. The lowest BCUT2D eigenvalue weighted by molar-refractivity contribution is 0.0536. The third kappa shape index (κ3) is 6.19. The zero-order valence-electron chi connectivity index (χ0n) is 15.7. The second-order valence-corrected chi connectivity index (χ2v) is 6.72. The number of amides is 1. The quantitative estimate of drug-likeness (QED) is 0.732. The van der Waals surface area contributed by atoms with Crippen LogP contribution in [0.5, 0.6) is 11.5 Å². The van der Waals surface area contributed by atoms with Crippen LogP contribution in [0.25, 0.3) is 0 Å². The van der Waals surface area contributed by atoms with Crippen molar-refractivity contribution >= 4 is 18.3 Å². The van der Waals surface area contributed by atoms with Crippen molar-refractivity contribution < 1.29 is 18.7 Å². The molecule has 1 saturated heterocycles. The standard InChI is InChI=1S/C21H25FN2O3.ClH/c22-20-8-7-18(27-17-5-3-15(4-6-17)9-10-23)12-19(20)21(25)24-13-16-2-1-11-26-14-16;/h3-8,12,16H,1-2,9-11,13-14,23H2,(H,24,25);1H. The van der Waals surface area contributed by atoms with Crippen LogP contribution in [0.2, 0.25) is 0 Å². The van der Waals surface area contributed by atoms with Gasteiger partial charge < -0.3 is 20.5 Å². The van der Waals surface area contributed by atoms with Crippen molar-refractivity contribution in [3.05, 3.63) is 59.4 Å². The maximum atomic E-state index is 14.1. The molecule has 0 spiro atoms. The van der Waals surface area contributed by atoms with Gasteiger partial charge in [-0.1, -0.05) is 12.1 Å². The summed E-state index contributed by atoms with van der Waals surface area (Å²) < 4.78 is 25.3. The average molecular weight is 409 g/mol. The molecule has 3 rings (SSSR count). The number of ether oxygens (including phenoxy) is 2. The van der Waals surface area contributed by atoms with Crippen LogP contribution in [0.15, 0.2) is 42.5 Å². The molecule has 2 aromatic carbocycles. The molecule has 1 unspecified atom stereocenters. The highest BCUT2D eigenvalue weighted by molar-refractivity contribution is 5.94. The van der Waals surface area contributed by atoms with E-state index < -0.39 is 11.7 Å². The Labute approximate surface area is 170 Å². The van der Waals surface area contributed by atoms with Crippen molar-refractivity contribution in [1.82, 2.24) is 5.32 Å². The Morgan fingerprint density at radius 3 is 2.64 bits per heavy atom. The molecule has 1 aliphatic rings. The number of nitrogens with two attached hydrogens (primary N) is 1. The Morgan fingerprint density at radius 1 is 1.21 bits per heavy atom. The fourth-order valence-corrected chi connectivity index (χ4v) is 3.07. The molecule has 0 aromatic heterocycles. The highest BCUT2D eigenvalue weighted by Crippen LogP contribution is 2.24. The predicted molar refractivity (Wildman–Crippen MR) is 109 cm³/mol. The third-order valence-electron chi connectivity index (χ3n) is 4.58. The number of nitrogens with one attached hydrogen (secondary N) is 1. The maximum Gasteiger partial charge on any atom is 0.254 e. The molecule has 2 aromatic rings. The van der Waals surface area contributed by atoms with Gasteiger partial charge in [0.2, 0.25) is 0 Å². The number of benzene rings is 2. The first-order valence-electron chi connectivity index (χ1n) is 9.28. The molecule has 152 valence electrons. The van der Waals surface area contributed by atoms with Crippen LogP contribution in [-0.4, -0.2) is 32.2 Å². The van der Waals surface area contributed by atoms with Gasteiger partial charge in [0, 0.05) is 13.2 Å². The van der Waals surface area contributed by atoms with E-state index in [2.05, 4.69) is 5.32 Å². The number of hydrogen-bond donors (Lipinski definition) is 2. The fourth-order valence-electron chi connectivity index (χ4n) is 3.07. The second-order valence-electron chi connectivity index (χ2n) is 6.72. The topological polar surface area (TPSA) is 73.6 Å². The van der Waals surface area contributed by atoms with Crippen LogP contribution in [0.1, 0.15) is 28.8 Å². The Morgan fingerprint density at radius 2 is 1.96 bits per heavy atom. The van der Waals surface area contributed by atoms with E-state index >= 15 is 0 Å². The molecule has 1 aliphatic heterocycles. The molecule has 1 amide bonds. The van der Waals surface area contributed by atoms with Crippen LogP contribution >= 0.6 is 12.4 Å². The van der Waals surface area contributed by atoms with Crippen molar-refractivity contribution in [2.45, 2.75) is 19.3 Å². The lowest BCUT2D eigenvalue weighted by Gasteiger charge is -2.22. The lowest BCUT2D eigenvalue weighted by atomic mass is 10.0. The average Bonchev–Trinajstić information content (AvgIpc) is 2.70. The molecule has 1 atom stereocenters. The predicted octanol–water partition coefficient (Wildman–Crippen LogP) is 3.70. The summed E-state index contributed by atoms with van der Waals surface area (Å²) in [5, 5.41) is 2.80. The summed E-state index contributed by atoms with van der Waals surface area (Å²) in [4.78, 5) is 12.4. The van der Waals surface area contributed by atoms with Gasteiger partial charge in [-0.2, -0.15) is 0 Å². The Balaban J connectivity index is 0.00000280. The maximum absolute atomic E-state index is 14.1. The Bertz CT molecular complexity index is 765. The van der Waals surface area contributed by atoms with Crippen LogP contribution in [0.3, 0.4) is 0 Å². The molecule has 28 heavy (non-hydrogen) atoms. The fraction of sp³-hybridized carbons (Fsp3) is 0.381. The lowest BCUT2D eigenvalue weighted by Crippen LogP contribution is -2.33. The molecule has 0 radical (unpaired) electrons. The summed E-state index contributed by atoms with van der Waals surface area (Å²) in [6.45, 7) is 2.47. The summed E-state index contributed by atoms with van der Waals surface area (Å²) in [5.74, 6) is 0.291. The van der Waals surface area contributed by atoms with E-state index in [0.29, 0.717) is 31.2 Å². The van der Waals surface area contributed by atoms with Crippen molar-refractivity contribution in [3.8, 4) is 11.5 Å². The summed E-state index contributed by atoms with van der Waals surface area (Å²) >= 11 is 0. The molecular formula is C21H26ClFN2O3. The Hall–Kier alpha value is -2.15. The van der Waals surface area contributed by atoms with E-state index in [4.69, 9.17) is 15.2 Å². The zero-order valence-corrected chi connectivity index (χ0v) is 16.5. The summed E-state index contributed by atoms with van der Waals surface area (Å²) in [6, 6.07) is 11.7. The summed E-state index contributed by atoms with van der Waals surface area (Å²) in [5.41, 5.74) is 6.64.